The van der Waals surface area contributed by atoms with Crippen molar-refractivity contribution in [1.82, 2.24) is 14.9 Å². The number of carbonyl (C=O) groups excluding carboxylic acids is 1. The highest BCUT2D eigenvalue weighted by Gasteiger charge is 2.25. The van der Waals surface area contributed by atoms with Crippen LogP contribution in [-0.4, -0.2) is 60.2 Å². The second-order valence-electron chi connectivity index (χ2n) is 7.99. The number of hydrogen-bond acceptors (Lipinski definition) is 7. The molecule has 0 atom stereocenters. The largest absolute Gasteiger partial charge is 0.493 e. The van der Waals surface area contributed by atoms with Crippen LogP contribution < -0.4 is 14.4 Å². The van der Waals surface area contributed by atoms with Crippen LogP contribution in [0.25, 0.3) is 10.3 Å². The van der Waals surface area contributed by atoms with Crippen molar-refractivity contribution in [2.45, 2.75) is 31.8 Å². The fourth-order valence-corrected chi connectivity index (χ4v) is 5.22. The lowest BCUT2D eigenvalue weighted by Crippen LogP contribution is -2.48. The molecule has 7 nitrogen and oxygen atoms in total. The van der Waals surface area contributed by atoms with Crippen molar-refractivity contribution in [2.75, 3.05) is 38.2 Å². The van der Waals surface area contributed by atoms with E-state index in [1.807, 2.05) is 29.2 Å². The summed E-state index contributed by atoms with van der Waals surface area (Å²) in [6.45, 7) is 2.83. The lowest BCUT2D eigenvalue weighted by Gasteiger charge is -2.34. The summed E-state index contributed by atoms with van der Waals surface area (Å²) in [4.78, 5) is 27.2. The van der Waals surface area contributed by atoms with Crippen LogP contribution in [0.3, 0.4) is 0 Å². The number of aromatic nitrogens is 2. The van der Waals surface area contributed by atoms with E-state index in [9.17, 15) is 4.79 Å². The van der Waals surface area contributed by atoms with Crippen molar-refractivity contribution in [1.29, 1.82) is 0 Å². The summed E-state index contributed by atoms with van der Waals surface area (Å²) in [5.41, 5.74) is 1.56. The molecule has 162 valence electrons. The number of hydrogen-bond donors (Lipinski definition) is 0. The van der Waals surface area contributed by atoms with E-state index in [-0.39, 0.29) is 12.0 Å². The van der Waals surface area contributed by atoms with Gasteiger partial charge in [0.2, 0.25) is 0 Å². The van der Waals surface area contributed by atoms with Crippen LogP contribution in [0.15, 0.2) is 36.5 Å². The number of fused-ring (bicyclic) bond motifs is 1. The molecule has 0 unspecified atom stereocenters. The zero-order valence-corrected chi connectivity index (χ0v) is 18.4. The number of ether oxygens (including phenoxy) is 2. The maximum absolute atomic E-state index is 13.1. The van der Waals surface area contributed by atoms with E-state index in [1.165, 1.54) is 12.8 Å². The zero-order valence-electron chi connectivity index (χ0n) is 17.6. The lowest BCUT2D eigenvalue weighted by molar-refractivity contribution is 0.0746. The summed E-state index contributed by atoms with van der Waals surface area (Å²) in [7, 11) is 1.62. The number of piperazine rings is 1. The van der Waals surface area contributed by atoms with Gasteiger partial charge in [-0.05, 0) is 56.0 Å². The Labute approximate surface area is 185 Å². The molecule has 31 heavy (non-hydrogen) atoms. The predicted octanol–water partition coefficient (Wildman–Crippen LogP) is 3.98. The summed E-state index contributed by atoms with van der Waals surface area (Å²) >= 11 is 1.60. The van der Waals surface area contributed by atoms with Crippen LogP contribution in [0, 0.1) is 0 Å². The highest BCUT2D eigenvalue weighted by Crippen LogP contribution is 2.33. The average molecular weight is 439 g/mol. The second kappa shape index (κ2) is 8.70. The van der Waals surface area contributed by atoms with Gasteiger partial charge in [0, 0.05) is 37.9 Å². The standard InChI is InChI=1S/C23H26N4O3S/c1-29-20-15-16(8-9-19(20)30-17-5-2-3-6-17)22(28)26-11-13-27(14-12-26)23-25-18-7-4-10-24-21(18)31-23/h4,7-10,15,17H,2-3,5-6,11-14H2,1H3. The molecule has 1 aliphatic heterocycles. The van der Waals surface area contributed by atoms with Crippen LogP contribution in [0.2, 0.25) is 0 Å². The Balaban J connectivity index is 1.24. The van der Waals surface area contributed by atoms with E-state index in [4.69, 9.17) is 9.47 Å². The SMILES string of the molecule is COc1cc(C(=O)N2CCN(c3nc4cccnc4s3)CC2)ccc1OC1CCCC1. The number of methoxy groups -OCH3 is 1. The first-order valence-corrected chi connectivity index (χ1v) is 11.6. The minimum atomic E-state index is 0.0244. The summed E-state index contributed by atoms with van der Waals surface area (Å²) in [5, 5.41) is 0.968. The van der Waals surface area contributed by atoms with Gasteiger partial charge < -0.3 is 19.3 Å². The highest BCUT2D eigenvalue weighted by molar-refractivity contribution is 7.21. The van der Waals surface area contributed by atoms with E-state index < -0.39 is 0 Å². The first-order valence-electron chi connectivity index (χ1n) is 10.8. The van der Waals surface area contributed by atoms with Crippen molar-refractivity contribution in [3.05, 3.63) is 42.1 Å². The van der Waals surface area contributed by atoms with E-state index in [1.54, 1.807) is 30.7 Å². The van der Waals surface area contributed by atoms with Crippen molar-refractivity contribution < 1.29 is 14.3 Å². The van der Waals surface area contributed by atoms with Crippen molar-refractivity contribution in [2.24, 2.45) is 0 Å². The monoisotopic (exact) mass is 438 g/mol. The molecule has 8 heteroatoms. The van der Waals surface area contributed by atoms with Gasteiger partial charge in [-0.2, -0.15) is 0 Å². The van der Waals surface area contributed by atoms with Gasteiger partial charge in [0.25, 0.3) is 5.91 Å². The van der Waals surface area contributed by atoms with Crippen LogP contribution in [0.5, 0.6) is 11.5 Å². The fourth-order valence-electron chi connectivity index (χ4n) is 4.26. The lowest BCUT2D eigenvalue weighted by atomic mass is 10.1. The first kappa shape index (κ1) is 20.1. The number of thiazole rings is 1. The van der Waals surface area contributed by atoms with Crippen LogP contribution >= 0.6 is 11.3 Å². The third-order valence-electron chi connectivity index (χ3n) is 6.00. The Bertz CT molecular complexity index is 1040. The molecule has 5 rings (SSSR count). The van der Waals surface area contributed by atoms with E-state index in [2.05, 4.69) is 14.9 Å². The third-order valence-corrected chi connectivity index (χ3v) is 7.04. The number of amides is 1. The van der Waals surface area contributed by atoms with Gasteiger partial charge in [-0.3, -0.25) is 4.79 Å². The first-order chi connectivity index (χ1) is 15.2. The molecule has 2 aliphatic rings. The van der Waals surface area contributed by atoms with Gasteiger partial charge in [0.1, 0.15) is 10.3 Å². The van der Waals surface area contributed by atoms with Gasteiger partial charge >= 0.3 is 0 Å². The average Bonchev–Trinajstić information content (AvgIpc) is 3.49. The Morgan fingerprint density at radius 1 is 1.10 bits per heavy atom. The molecule has 0 spiro atoms. The topological polar surface area (TPSA) is 67.8 Å². The normalized spacial score (nSPS) is 17.3. The fraction of sp³-hybridized carbons (Fsp3) is 0.435. The molecule has 1 aliphatic carbocycles. The quantitative estimate of drug-likeness (QED) is 0.600. The second-order valence-corrected chi connectivity index (χ2v) is 8.95. The molecular formula is C23H26N4O3S. The maximum atomic E-state index is 13.1. The summed E-state index contributed by atoms with van der Waals surface area (Å²) in [6, 6.07) is 9.41. The number of benzene rings is 1. The van der Waals surface area contributed by atoms with E-state index in [0.29, 0.717) is 24.4 Å². The minimum absolute atomic E-state index is 0.0244. The molecule has 1 saturated carbocycles. The van der Waals surface area contributed by atoms with Crippen molar-refractivity contribution in [3.63, 3.8) is 0 Å². The molecule has 1 amide bonds. The van der Waals surface area contributed by atoms with E-state index in [0.717, 1.165) is 47.2 Å². The molecule has 3 aromatic rings. The van der Waals surface area contributed by atoms with Crippen LogP contribution in [0.4, 0.5) is 5.13 Å². The van der Waals surface area contributed by atoms with Crippen LogP contribution in [-0.2, 0) is 0 Å². The maximum Gasteiger partial charge on any atom is 0.254 e. The third kappa shape index (κ3) is 4.17. The summed E-state index contributed by atoms with van der Waals surface area (Å²) in [6.07, 6.45) is 6.63. The number of nitrogens with zero attached hydrogens (tertiary/aromatic N) is 4. The van der Waals surface area contributed by atoms with Gasteiger partial charge in [-0.1, -0.05) is 11.3 Å². The zero-order chi connectivity index (χ0) is 21.2. The molecule has 1 aromatic carbocycles. The van der Waals surface area contributed by atoms with Crippen molar-refractivity contribution in [3.8, 4) is 11.5 Å². The van der Waals surface area contributed by atoms with Crippen LogP contribution in [0.1, 0.15) is 36.0 Å². The molecule has 0 bridgehead atoms. The molecule has 3 heterocycles. The van der Waals surface area contributed by atoms with Crippen molar-refractivity contribution >= 4 is 32.7 Å². The van der Waals surface area contributed by atoms with Gasteiger partial charge in [0.15, 0.2) is 16.6 Å². The molecule has 1 saturated heterocycles. The smallest absolute Gasteiger partial charge is 0.254 e. The Hall–Kier alpha value is -2.87. The minimum Gasteiger partial charge on any atom is -0.493 e. The van der Waals surface area contributed by atoms with E-state index >= 15 is 0 Å². The Morgan fingerprint density at radius 2 is 1.90 bits per heavy atom. The van der Waals surface area contributed by atoms with Gasteiger partial charge in [0.05, 0.1) is 13.2 Å². The molecule has 2 fully saturated rings. The number of anilines is 1. The predicted molar refractivity (Wildman–Crippen MR) is 121 cm³/mol. The Morgan fingerprint density at radius 3 is 2.65 bits per heavy atom. The number of pyridine rings is 1. The molecule has 0 radical (unpaired) electrons. The molecule has 2 aromatic heterocycles. The number of carbonyl (C=O) groups is 1. The van der Waals surface area contributed by atoms with Gasteiger partial charge in [-0.15, -0.1) is 0 Å². The highest BCUT2D eigenvalue weighted by atomic mass is 32.1. The van der Waals surface area contributed by atoms with Gasteiger partial charge in [-0.25, -0.2) is 9.97 Å². The molecular weight excluding hydrogens is 412 g/mol. The summed E-state index contributed by atoms with van der Waals surface area (Å²) in [5.74, 6) is 1.37. The number of rotatable bonds is 5. The Kier molecular flexibility index (Phi) is 5.63. The summed E-state index contributed by atoms with van der Waals surface area (Å²) < 4.78 is 11.6. The molecule has 0 N–H and O–H groups in total.